The SMILES string of the molecule is CC[C@@](C)(Oc1ccc(CCN)cc1)C(=O)OC. The van der Waals surface area contributed by atoms with Gasteiger partial charge in [0.25, 0.3) is 0 Å². The highest BCUT2D eigenvalue weighted by atomic mass is 16.6. The van der Waals surface area contributed by atoms with Crippen LogP contribution in [-0.4, -0.2) is 25.2 Å². The normalized spacial score (nSPS) is 13.8. The lowest BCUT2D eigenvalue weighted by atomic mass is 10.0. The van der Waals surface area contributed by atoms with Gasteiger partial charge >= 0.3 is 5.97 Å². The highest BCUT2D eigenvalue weighted by Crippen LogP contribution is 2.23. The number of hydrogen-bond acceptors (Lipinski definition) is 4. The molecule has 4 heteroatoms. The third-order valence-electron chi connectivity index (χ3n) is 2.99. The Labute approximate surface area is 108 Å². The summed E-state index contributed by atoms with van der Waals surface area (Å²) in [6, 6.07) is 7.61. The zero-order valence-corrected chi connectivity index (χ0v) is 11.2. The molecule has 4 nitrogen and oxygen atoms in total. The molecule has 0 aliphatic carbocycles. The van der Waals surface area contributed by atoms with E-state index in [1.807, 2.05) is 31.2 Å². The van der Waals surface area contributed by atoms with E-state index in [4.69, 9.17) is 15.2 Å². The highest BCUT2D eigenvalue weighted by molar-refractivity contribution is 5.79. The number of benzene rings is 1. The maximum absolute atomic E-state index is 11.7. The van der Waals surface area contributed by atoms with E-state index in [9.17, 15) is 4.79 Å². The fourth-order valence-corrected chi connectivity index (χ4v) is 1.63. The van der Waals surface area contributed by atoms with Gasteiger partial charge in [0, 0.05) is 0 Å². The molecular weight excluding hydrogens is 230 g/mol. The van der Waals surface area contributed by atoms with E-state index in [1.54, 1.807) is 6.92 Å². The van der Waals surface area contributed by atoms with E-state index in [0.717, 1.165) is 12.0 Å². The standard InChI is InChI=1S/C14H21NO3/c1-4-14(2,13(16)17-3)18-12-7-5-11(6-8-12)9-10-15/h5-8H,4,9-10,15H2,1-3H3/t14-/m1/s1. The van der Waals surface area contributed by atoms with Crippen molar-refractivity contribution in [2.75, 3.05) is 13.7 Å². The summed E-state index contributed by atoms with van der Waals surface area (Å²) in [5.74, 6) is 0.293. The number of esters is 1. The lowest BCUT2D eigenvalue weighted by molar-refractivity contribution is -0.157. The van der Waals surface area contributed by atoms with Gasteiger partial charge in [0.1, 0.15) is 5.75 Å². The summed E-state index contributed by atoms with van der Waals surface area (Å²) in [6.45, 7) is 4.24. The summed E-state index contributed by atoms with van der Waals surface area (Å²) < 4.78 is 10.5. The number of hydrogen-bond donors (Lipinski definition) is 1. The summed E-state index contributed by atoms with van der Waals surface area (Å²) in [7, 11) is 1.37. The highest BCUT2D eigenvalue weighted by Gasteiger charge is 2.34. The van der Waals surface area contributed by atoms with E-state index in [-0.39, 0.29) is 5.97 Å². The molecule has 0 aliphatic rings. The van der Waals surface area contributed by atoms with E-state index < -0.39 is 5.60 Å². The van der Waals surface area contributed by atoms with Gasteiger partial charge in [0.05, 0.1) is 7.11 Å². The van der Waals surface area contributed by atoms with Crippen LogP contribution in [0.4, 0.5) is 0 Å². The number of ether oxygens (including phenoxy) is 2. The van der Waals surface area contributed by atoms with Crippen LogP contribution in [0.1, 0.15) is 25.8 Å². The average molecular weight is 251 g/mol. The van der Waals surface area contributed by atoms with E-state index in [0.29, 0.717) is 18.7 Å². The van der Waals surface area contributed by atoms with Crippen molar-refractivity contribution in [1.29, 1.82) is 0 Å². The average Bonchev–Trinajstić information content (AvgIpc) is 2.40. The Morgan fingerprint density at radius 3 is 2.39 bits per heavy atom. The van der Waals surface area contributed by atoms with E-state index in [1.165, 1.54) is 7.11 Å². The molecule has 1 aromatic carbocycles. The molecule has 100 valence electrons. The molecule has 0 amide bonds. The lowest BCUT2D eigenvalue weighted by Gasteiger charge is -2.26. The van der Waals surface area contributed by atoms with Crippen LogP contribution in [0.2, 0.25) is 0 Å². The van der Waals surface area contributed by atoms with Crippen LogP contribution in [0.5, 0.6) is 5.75 Å². The van der Waals surface area contributed by atoms with Crippen molar-refractivity contribution in [2.24, 2.45) is 5.73 Å². The molecule has 0 fully saturated rings. The minimum Gasteiger partial charge on any atom is -0.476 e. The Morgan fingerprint density at radius 1 is 1.33 bits per heavy atom. The van der Waals surface area contributed by atoms with Gasteiger partial charge in [0.2, 0.25) is 5.60 Å². The number of nitrogens with two attached hydrogens (primary N) is 1. The topological polar surface area (TPSA) is 61.5 Å². The fraction of sp³-hybridized carbons (Fsp3) is 0.500. The van der Waals surface area contributed by atoms with Crippen molar-refractivity contribution in [2.45, 2.75) is 32.3 Å². The van der Waals surface area contributed by atoms with Crippen LogP contribution in [0.25, 0.3) is 0 Å². The first-order valence-electron chi connectivity index (χ1n) is 6.12. The first-order chi connectivity index (χ1) is 8.55. The molecule has 18 heavy (non-hydrogen) atoms. The fourth-order valence-electron chi connectivity index (χ4n) is 1.63. The molecule has 1 aromatic rings. The predicted octanol–water partition coefficient (Wildman–Crippen LogP) is 1.91. The number of carbonyl (C=O) groups excluding carboxylic acids is 1. The minimum absolute atomic E-state index is 0.365. The van der Waals surface area contributed by atoms with Gasteiger partial charge in [-0.15, -0.1) is 0 Å². The van der Waals surface area contributed by atoms with Gasteiger partial charge in [-0.05, 0) is 44.0 Å². The summed E-state index contributed by atoms with van der Waals surface area (Å²) >= 11 is 0. The summed E-state index contributed by atoms with van der Waals surface area (Å²) in [6.07, 6.45) is 1.38. The molecular formula is C14H21NO3. The van der Waals surface area contributed by atoms with Gasteiger partial charge in [-0.2, -0.15) is 0 Å². The Kier molecular flexibility index (Phi) is 5.16. The molecule has 0 saturated heterocycles. The molecule has 1 atom stereocenters. The quantitative estimate of drug-likeness (QED) is 0.784. The molecule has 1 rings (SSSR count). The van der Waals surface area contributed by atoms with Crippen molar-refractivity contribution < 1.29 is 14.3 Å². The molecule has 0 unspecified atom stereocenters. The summed E-state index contributed by atoms with van der Waals surface area (Å²) in [5.41, 5.74) is 5.70. The monoisotopic (exact) mass is 251 g/mol. The zero-order valence-electron chi connectivity index (χ0n) is 11.2. The second-order valence-corrected chi connectivity index (χ2v) is 4.36. The number of methoxy groups -OCH3 is 1. The van der Waals surface area contributed by atoms with Crippen LogP contribution in [0.15, 0.2) is 24.3 Å². The molecule has 0 aromatic heterocycles. The largest absolute Gasteiger partial charge is 0.476 e. The molecule has 0 radical (unpaired) electrons. The Hall–Kier alpha value is -1.55. The molecule has 0 saturated carbocycles. The second-order valence-electron chi connectivity index (χ2n) is 4.36. The second kappa shape index (κ2) is 6.40. The lowest BCUT2D eigenvalue weighted by Crippen LogP contribution is -2.41. The van der Waals surface area contributed by atoms with Gasteiger partial charge in [-0.25, -0.2) is 4.79 Å². The number of rotatable bonds is 6. The molecule has 0 aliphatic heterocycles. The van der Waals surface area contributed by atoms with Crippen LogP contribution in [0.3, 0.4) is 0 Å². The Balaban J connectivity index is 2.79. The van der Waals surface area contributed by atoms with Gasteiger partial charge in [0.15, 0.2) is 0 Å². The maximum atomic E-state index is 11.7. The summed E-state index contributed by atoms with van der Waals surface area (Å²) in [4.78, 5) is 11.7. The maximum Gasteiger partial charge on any atom is 0.349 e. The van der Waals surface area contributed by atoms with Crippen LogP contribution >= 0.6 is 0 Å². The minimum atomic E-state index is -0.940. The van der Waals surface area contributed by atoms with Crippen LogP contribution < -0.4 is 10.5 Å². The summed E-state index contributed by atoms with van der Waals surface area (Å²) in [5, 5.41) is 0. The zero-order chi connectivity index (χ0) is 13.6. The van der Waals surface area contributed by atoms with Gasteiger partial charge < -0.3 is 15.2 Å². The molecule has 0 bridgehead atoms. The van der Waals surface area contributed by atoms with Crippen molar-refractivity contribution in [3.05, 3.63) is 29.8 Å². The first kappa shape index (κ1) is 14.5. The third kappa shape index (κ3) is 3.47. The van der Waals surface area contributed by atoms with E-state index in [2.05, 4.69) is 0 Å². The van der Waals surface area contributed by atoms with Gasteiger partial charge in [-0.1, -0.05) is 19.1 Å². The first-order valence-corrected chi connectivity index (χ1v) is 6.12. The van der Waals surface area contributed by atoms with Crippen LogP contribution in [-0.2, 0) is 16.0 Å². The van der Waals surface area contributed by atoms with Crippen molar-refractivity contribution in [3.63, 3.8) is 0 Å². The smallest absolute Gasteiger partial charge is 0.349 e. The molecule has 2 N–H and O–H groups in total. The number of carbonyl (C=O) groups is 1. The van der Waals surface area contributed by atoms with Gasteiger partial charge in [-0.3, -0.25) is 0 Å². The third-order valence-corrected chi connectivity index (χ3v) is 2.99. The molecule has 0 heterocycles. The van der Waals surface area contributed by atoms with Crippen molar-refractivity contribution >= 4 is 5.97 Å². The Bertz CT molecular complexity index is 389. The van der Waals surface area contributed by atoms with E-state index >= 15 is 0 Å². The van der Waals surface area contributed by atoms with Crippen molar-refractivity contribution in [3.8, 4) is 5.75 Å². The van der Waals surface area contributed by atoms with Crippen molar-refractivity contribution in [1.82, 2.24) is 0 Å². The van der Waals surface area contributed by atoms with Crippen LogP contribution in [0, 0.1) is 0 Å². The molecule has 0 spiro atoms. The predicted molar refractivity (Wildman–Crippen MR) is 70.5 cm³/mol. The Morgan fingerprint density at radius 2 is 1.94 bits per heavy atom.